The van der Waals surface area contributed by atoms with Crippen LogP contribution in [-0.2, 0) is 17.8 Å². The molecule has 0 heterocycles. The number of hydrazone groups is 1. The van der Waals surface area contributed by atoms with Gasteiger partial charge in [-0.1, -0.05) is 36.4 Å². The Morgan fingerprint density at radius 1 is 1.17 bits per heavy atom. The largest absolute Gasteiger partial charge is 0.490 e. The minimum atomic E-state index is -0.522. The number of hydrogen-bond acceptors (Lipinski definition) is 7. The Balaban J connectivity index is 1.70. The van der Waals surface area contributed by atoms with E-state index in [4.69, 9.17) is 9.47 Å². The average Bonchev–Trinajstić information content (AvgIpc) is 2.84. The van der Waals surface area contributed by atoms with Gasteiger partial charge in [-0.3, -0.25) is 14.9 Å². The third-order valence-electron chi connectivity index (χ3n) is 4.78. The predicted molar refractivity (Wildman–Crippen MR) is 138 cm³/mol. The highest BCUT2D eigenvalue weighted by Gasteiger charge is 2.16. The van der Waals surface area contributed by atoms with E-state index in [0.29, 0.717) is 34.8 Å². The Kier molecular flexibility index (Phi) is 9.14. The number of benzene rings is 3. The van der Waals surface area contributed by atoms with Crippen molar-refractivity contribution in [1.29, 1.82) is 5.26 Å². The lowest BCUT2D eigenvalue weighted by atomic mass is 10.1. The SMILES string of the molecule is CCOc1cc(/C=N/NC(=O)Cc2ccccc2[N+](=O)[O-])cc(I)c1OCc1ccccc1C#N. The molecule has 0 saturated heterocycles. The number of carbonyl (C=O) groups excluding carboxylic acids is 1. The Morgan fingerprint density at radius 2 is 1.89 bits per heavy atom. The fourth-order valence-electron chi connectivity index (χ4n) is 3.20. The summed E-state index contributed by atoms with van der Waals surface area (Å²) in [5.74, 6) is 0.561. The zero-order valence-corrected chi connectivity index (χ0v) is 20.9. The molecule has 0 unspecified atom stereocenters. The van der Waals surface area contributed by atoms with Crippen molar-refractivity contribution in [3.8, 4) is 17.6 Å². The monoisotopic (exact) mass is 584 g/mol. The van der Waals surface area contributed by atoms with E-state index in [2.05, 4.69) is 39.2 Å². The molecule has 0 saturated carbocycles. The molecule has 3 rings (SSSR count). The molecular weight excluding hydrogens is 563 g/mol. The Bertz CT molecular complexity index is 1300. The molecule has 0 spiro atoms. The van der Waals surface area contributed by atoms with Crippen molar-refractivity contribution in [3.63, 3.8) is 0 Å². The number of amides is 1. The first-order chi connectivity index (χ1) is 16.9. The number of rotatable bonds is 10. The van der Waals surface area contributed by atoms with Gasteiger partial charge < -0.3 is 9.47 Å². The number of hydrogen-bond donors (Lipinski definition) is 1. The summed E-state index contributed by atoms with van der Waals surface area (Å²) in [5, 5.41) is 24.4. The fraction of sp³-hybridized carbons (Fsp3) is 0.160. The highest BCUT2D eigenvalue weighted by molar-refractivity contribution is 14.1. The summed E-state index contributed by atoms with van der Waals surface area (Å²) in [4.78, 5) is 22.8. The van der Waals surface area contributed by atoms with Crippen LogP contribution in [-0.4, -0.2) is 23.7 Å². The molecule has 3 aromatic rings. The molecule has 9 nitrogen and oxygen atoms in total. The molecule has 10 heteroatoms. The molecule has 0 fully saturated rings. The number of carbonyl (C=O) groups is 1. The topological polar surface area (TPSA) is 127 Å². The third kappa shape index (κ3) is 7.00. The van der Waals surface area contributed by atoms with E-state index in [1.54, 1.807) is 30.3 Å². The smallest absolute Gasteiger partial charge is 0.273 e. The zero-order valence-electron chi connectivity index (χ0n) is 18.7. The summed E-state index contributed by atoms with van der Waals surface area (Å²) in [7, 11) is 0. The zero-order chi connectivity index (χ0) is 25.2. The van der Waals surface area contributed by atoms with Crippen LogP contribution < -0.4 is 14.9 Å². The first kappa shape index (κ1) is 25.6. The molecule has 3 aromatic carbocycles. The number of nitro groups is 1. The van der Waals surface area contributed by atoms with Gasteiger partial charge in [0.2, 0.25) is 5.91 Å². The lowest BCUT2D eigenvalue weighted by Crippen LogP contribution is -2.20. The van der Waals surface area contributed by atoms with Gasteiger partial charge >= 0.3 is 0 Å². The van der Waals surface area contributed by atoms with Crippen LogP contribution in [0.5, 0.6) is 11.5 Å². The van der Waals surface area contributed by atoms with Gasteiger partial charge in [0.15, 0.2) is 11.5 Å². The second kappa shape index (κ2) is 12.5. The van der Waals surface area contributed by atoms with Crippen molar-refractivity contribution >= 4 is 40.4 Å². The molecule has 1 amide bonds. The number of nitrogens with one attached hydrogen (secondary N) is 1. The second-order valence-electron chi connectivity index (χ2n) is 7.18. The van der Waals surface area contributed by atoms with E-state index in [9.17, 15) is 20.2 Å². The van der Waals surface area contributed by atoms with Crippen LogP contribution in [0.1, 0.15) is 29.2 Å². The van der Waals surface area contributed by atoms with Gasteiger partial charge in [0.05, 0.1) is 39.4 Å². The first-order valence-corrected chi connectivity index (χ1v) is 11.6. The van der Waals surface area contributed by atoms with E-state index < -0.39 is 10.8 Å². The highest BCUT2D eigenvalue weighted by Crippen LogP contribution is 2.34. The molecule has 0 aliphatic carbocycles. The van der Waals surface area contributed by atoms with E-state index in [-0.39, 0.29) is 18.7 Å². The van der Waals surface area contributed by atoms with Crippen molar-refractivity contribution in [2.24, 2.45) is 5.10 Å². The maximum Gasteiger partial charge on any atom is 0.273 e. The Hall–Kier alpha value is -3.98. The fourth-order valence-corrected chi connectivity index (χ4v) is 3.98. The van der Waals surface area contributed by atoms with E-state index in [1.807, 2.05) is 25.1 Å². The van der Waals surface area contributed by atoms with E-state index in [0.717, 1.165) is 9.13 Å². The molecule has 1 N–H and O–H groups in total. The van der Waals surface area contributed by atoms with Gasteiger partial charge in [0, 0.05) is 17.2 Å². The van der Waals surface area contributed by atoms with Crippen LogP contribution in [0.2, 0.25) is 0 Å². The number of para-hydroxylation sites is 1. The van der Waals surface area contributed by atoms with Gasteiger partial charge in [-0.15, -0.1) is 0 Å². The third-order valence-corrected chi connectivity index (χ3v) is 5.59. The van der Waals surface area contributed by atoms with Crippen LogP contribution in [0.3, 0.4) is 0 Å². The number of ether oxygens (including phenoxy) is 2. The molecule has 0 bridgehead atoms. The average molecular weight is 584 g/mol. The lowest BCUT2D eigenvalue weighted by Gasteiger charge is -2.15. The molecule has 0 aliphatic heterocycles. The maximum atomic E-state index is 12.2. The first-order valence-electron chi connectivity index (χ1n) is 10.5. The Morgan fingerprint density at radius 3 is 2.60 bits per heavy atom. The molecule has 178 valence electrons. The summed E-state index contributed by atoms with van der Waals surface area (Å²) in [5.41, 5.74) is 4.55. The van der Waals surface area contributed by atoms with Gasteiger partial charge in [-0.05, 0) is 53.3 Å². The van der Waals surface area contributed by atoms with Crippen molar-refractivity contribution < 1.29 is 19.2 Å². The second-order valence-corrected chi connectivity index (χ2v) is 8.34. The summed E-state index contributed by atoms with van der Waals surface area (Å²) >= 11 is 2.12. The van der Waals surface area contributed by atoms with Gasteiger partial charge in [-0.25, -0.2) is 5.43 Å². The normalized spacial score (nSPS) is 10.5. The number of halogens is 1. The minimum absolute atomic E-state index is 0.115. The minimum Gasteiger partial charge on any atom is -0.490 e. The van der Waals surface area contributed by atoms with Gasteiger partial charge in [0.1, 0.15) is 6.61 Å². The van der Waals surface area contributed by atoms with Crippen LogP contribution in [0.4, 0.5) is 5.69 Å². The van der Waals surface area contributed by atoms with Crippen LogP contribution >= 0.6 is 22.6 Å². The summed E-state index contributed by atoms with van der Waals surface area (Å²) in [6.45, 7) is 2.47. The highest BCUT2D eigenvalue weighted by atomic mass is 127. The molecule has 0 radical (unpaired) electrons. The van der Waals surface area contributed by atoms with Gasteiger partial charge in [-0.2, -0.15) is 10.4 Å². The van der Waals surface area contributed by atoms with Crippen LogP contribution in [0.25, 0.3) is 0 Å². The molecule has 0 atom stereocenters. The number of nitro benzene ring substituents is 1. The molecule has 0 aliphatic rings. The van der Waals surface area contributed by atoms with Gasteiger partial charge in [0.25, 0.3) is 5.69 Å². The van der Waals surface area contributed by atoms with Crippen molar-refractivity contribution in [2.45, 2.75) is 20.0 Å². The molecular formula is C25H21IN4O5. The number of nitriles is 1. The van der Waals surface area contributed by atoms with Crippen LogP contribution in [0, 0.1) is 25.0 Å². The lowest BCUT2D eigenvalue weighted by molar-refractivity contribution is -0.385. The quantitative estimate of drug-likeness (QED) is 0.159. The maximum absolute atomic E-state index is 12.2. The molecule has 0 aromatic heterocycles. The standard InChI is InChI=1S/C25H21IN4O5/c1-2-34-23-12-17(11-21(26)25(23)35-16-20-9-4-3-8-19(20)14-27)15-28-29-24(31)13-18-7-5-6-10-22(18)30(32)33/h3-12,15H,2,13,16H2,1H3,(H,29,31)/b28-15+. The number of nitrogens with zero attached hydrogens (tertiary/aromatic N) is 3. The van der Waals surface area contributed by atoms with Crippen molar-refractivity contribution in [3.05, 3.63) is 96.6 Å². The summed E-state index contributed by atoms with van der Waals surface area (Å²) < 4.78 is 12.5. The summed E-state index contributed by atoms with van der Waals surface area (Å²) in [6.07, 6.45) is 1.28. The van der Waals surface area contributed by atoms with Crippen LogP contribution in [0.15, 0.2) is 65.8 Å². The molecule has 35 heavy (non-hydrogen) atoms. The van der Waals surface area contributed by atoms with Crippen molar-refractivity contribution in [1.82, 2.24) is 5.43 Å². The van der Waals surface area contributed by atoms with Crippen molar-refractivity contribution in [2.75, 3.05) is 6.61 Å². The van der Waals surface area contributed by atoms with E-state index in [1.165, 1.54) is 18.3 Å². The van der Waals surface area contributed by atoms with E-state index >= 15 is 0 Å². The predicted octanol–water partition coefficient (Wildman–Crippen LogP) is 4.74. The summed E-state index contributed by atoms with van der Waals surface area (Å²) in [6, 6.07) is 19.0. The Labute approximate surface area is 215 Å².